The average molecular weight is 270 g/mol. The Bertz CT molecular complexity index is 610. The number of nitrogens with one attached hydrogen (secondary N) is 1. The van der Waals surface area contributed by atoms with Crippen LogP contribution in [-0.2, 0) is 13.0 Å². The van der Waals surface area contributed by atoms with Crippen molar-refractivity contribution in [2.24, 2.45) is 0 Å². The minimum absolute atomic E-state index is 0.167. The molecule has 0 aliphatic carbocycles. The second-order valence-corrected chi connectivity index (χ2v) is 5.08. The van der Waals surface area contributed by atoms with E-state index in [2.05, 4.69) is 35.3 Å². The molecule has 0 spiro atoms. The molecule has 2 nitrogen and oxygen atoms in total. The first-order valence-corrected chi connectivity index (χ1v) is 7.14. The van der Waals surface area contributed by atoms with Gasteiger partial charge in [-0.15, -0.1) is 0 Å². The number of hydrogen-bond acceptors (Lipinski definition) is 2. The monoisotopic (exact) mass is 270 g/mol. The first kappa shape index (κ1) is 13.1. The molecule has 0 atom stereocenters. The normalized spacial score (nSPS) is 13.6. The van der Waals surface area contributed by atoms with Gasteiger partial charge in [-0.2, -0.15) is 0 Å². The third-order valence-corrected chi connectivity index (χ3v) is 3.79. The molecule has 0 aromatic heterocycles. The van der Waals surface area contributed by atoms with Crippen LogP contribution in [0.15, 0.2) is 42.5 Å². The first-order valence-electron chi connectivity index (χ1n) is 7.14. The number of halogens is 1. The van der Waals surface area contributed by atoms with Crippen molar-refractivity contribution < 1.29 is 4.39 Å². The Morgan fingerprint density at radius 2 is 2.00 bits per heavy atom. The van der Waals surface area contributed by atoms with Gasteiger partial charge < -0.3 is 10.2 Å². The molecule has 2 aromatic rings. The molecule has 0 amide bonds. The highest BCUT2D eigenvalue weighted by molar-refractivity contribution is 5.72. The molecule has 0 radical (unpaired) electrons. The zero-order valence-corrected chi connectivity index (χ0v) is 11.7. The van der Waals surface area contributed by atoms with Gasteiger partial charge in [0, 0.05) is 24.5 Å². The highest BCUT2D eigenvalue weighted by Crippen LogP contribution is 2.36. The molecular weight excluding hydrogens is 251 g/mol. The van der Waals surface area contributed by atoms with Crippen LogP contribution in [0.2, 0.25) is 0 Å². The zero-order valence-electron chi connectivity index (χ0n) is 11.7. The van der Waals surface area contributed by atoms with Crippen molar-refractivity contribution in [3.05, 3.63) is 59.4 Å². The fourth-order valence-corrected chi connectivity index (χ4v) is 2.79. The van der Waals surface area contributed by atoms with Crippen LogP contribution >= 0.6 is 0 Å². The Morgan fingerprint density at radius 1 is 1.15 bits per heavy atom. The smallest absolute Gasteiger partial charge is 0.125 e. The average Bonchev–Trinajstić information content (AvgIpc) is 2.88. The van der Waals surface area contributed by atoms with Gasteiger partial charge in [0.15, 0.2) is 0 Å². The van der Waals surface area contributed by atoms with Gasteiger partial charge in [0.2, 0.25) is 0 Å². The Kier molecular flexibility index (Phi) is 3.70. The van der Waals surface area contributed by atoms with Crippen molar-refractivity contribution in [3.8, 4) is 0 Å². The molecule has 0 bridgehead atoms. The van der Waals surface area contributed by atoms with Crippen LogP contribution in [0.25, 0.3) is 0 Å². The van der Waals surface area contributed by atoms with Crippen molar-refractivity contribution in [1.29, 1.82) is 0 Å². The number of nitrogens with zero attached hydrogens (tertiary/aromatic N) is 1. The van der Waals surface area contributed by atoms with Gasteiger partial charge in [0.25, 0.3) is 0 Å². The van der Waals surface area contributed by atoms with Crippen LogP contribution in [0.4, 0.5) is 15.8 Å². The van der Waals surface area contributed by atoms with Gasteiger partial charge in [-0.05, 0) is 42.3 Å². The minimum atomic E-state index is -0.167. The Labute approximate surface area is 119 Å². The van der Waals surface area contributed by atoms with Gasteiger partial charge in [-0.25, -0.2) is 4.39 Å². The minimum Gasteiger partial charge on any atom is -0.341 e. The lowest BCUT2D eigenvalue weighted by atomic mass is 10.1. The molecule has 0 fully saturated rings. The fourth-order valence-electron chi connectivity index (χ4n) is 2.79. The molecule has 20 heavy (non-hydrogen) atoms. The maximum absolute atomic E-state index is 13.5. The molecule has 1 heterocycles. The number of benzene rings is 2. The van der Waals surface area contributed by atoms with Crippen LogP contribution < -0.4 is 10.2 Å². The lowest BCUT2D eigenvalue weighted by molar-refractivity contribution is 0.628. The van der Waals surface area contributed by atoms with Crippen molar-refractivity contribution in [1.82, 2.24) is 5.32 Å². The van der Waals surface area contributed by atoms with Crippen molar-refractivity contribution in [3.63, 3.8) is 0 Å². The number of rotatable bonds is 4. The summed E-state index contributed by atoms with van der Waals surface area (Å²) < 4.78 is 13.5. The van der Waals surface area contributed by atoms with E-state index < -0.39 is 0 Å². The highest BCUT2D eigenvalue weighted by Gasteiger charge is 2.22. The molecule has 2 aromatic carbocycles. The van der Waals surface area contributed by atoms with E-state index in [-0.39, 0.29) is 5.82 Å². The third kappa shape index (κ3) is 2.41. The quantitative estimate of drug-likeness (QED) is 0.912. The van der Waals surface area contributed by atoms with Gasteiger partial charge >= 0.3 is 0 Å². The van der Waals surface area contributed by atoms with Crippen LogP contribution in [0.5, 0.6) is 0 Å². The van der Waals surface area contributed by atoms with Gasteiger partial charge in [0.1, 0.15) is 5.82 Å². The van der Waals surface area contributed by atoms with Gasteiger partial charge in [-0.1, -0.05) is 31.2 Å². The summed E-state index contributed by atoms with van der Waals surface area (Å²) in [7, 11) is 0. The summed E-state index contributed by atoms with van der Waals surface area (Å²) >= 11 is 0. The summed E-state index contributed by atoms with van der Waals surface area (Å²) in [4.78, 5) is 2.23. The van der Waals surface area contributed by atoms with Crippen LogP contribution in [0.3, 0.4) is 0 Å². The molecule has 0 saturated heterocycles. The van der Waals surface area contributed by atoms with Crippen molar-refractivity contribution in [2.75, 3.05) is 18.0 Å². The SMILES string of the molecule is CCNCc1ccccc1N1CCc2ccc(F)cc21. The maximum atomic E-state index is 13.5. The summed E-state index contributed by atoms with van der Waals surface area (Å²) in [5.41, 5.74) is 4.67. The second kappa shape index (κ2) is 5.63. The van der Waals surface area contributed by atoms with Crippen molar-refractivity contribution in [2.45, 2.75) is 19.9 Å². The van der Waals surface area contributed by atoms with E-state index in [0.29, 0.717) is 0 Å². The summed E-state index contributed by atoms with van der Waals surface area (Å²) in [5, 5.41) is 3.36. The van der Waals surface area contributed by atoms with Crippen molar-refractivity contribution >= 4 is 11.4 Å². The summed E-state index contributed by atoms with van der Waals surface area (Å²) in [6.07, 6.45) is 0.977. The Balaban J connectivity index is 1.97. The Hall–Kier alpha value is -1.87. The number of anilines is 2. The first-order chi connectivity index (χ1) is 9.79. The largest absolute Gasteiger partial charge is 0.341 e. The highest BCUT2D eigenvalue weighted by atomic mass is 19.1. The molecule has 0 unspecified atom stereocenters. The van der Waals surface area contributed by atoms with Gasteiger partial charge in [-0.3, -0.25) is 0 Å². The molecule has 104 valence electrons. The van der Waals surface area contributed by atoms with E-state index in [4.69, 9.17) is 0 Å². The molecule has 3 rings (SSSR count). The fraction of sp³-hybridized carbons (Fsp3) is 0.294. The lowest BCUT2D eigenvalue weighted by Gasteiger charge is -2.23. The van der Waals surface area contributed by atoms with E-state index >= 15 is 0 Å². The number of hydrogen-bond donors (Lipinski definition) is 1. The van der Waals surface area contributed by atoms with E-state index in [1.54, 1.807) is 12.1 Å². The Morgan fingerprint density at radius 3 is 2.85 bits per heavy atom. The summed E-state index contributed by atoms with van der Waals surface area (Å²) in [6.45, 7) is 4.80. The predicted octanol–water partition coefficient (Wildman–Crippen LogP) is 3.63. The molecule has 1 aliphatic heterocycles. The topological polar surface area (TPSA) is 15.3 Å². The zero-order chi connectivity index (χ0) is 13.9. The van der Waals surface area contributed by atoms with E-state index in [1.165, 1.54) is 16.8 Å². The molecular formula is C17H19FN2. The molecule has 1 N–H and O–H groups in total. The van der Waals surface area contributed by atoms with E-state index in [9.17, 15) is 4.39 Å². The number of para-hydroxylation sites is 1. The number of fused-ring (bicyclic) bond motifs is 1. The predicted molar refractivity (Wildman–Crippen MR) is 80.9 cm³/mol. The van der Waals surface area contributed by atoms with E-state index in [1.807, 2.05) is 12.1 Å². The summed E-state index contributed by atoms with van der Waals surface area (Å²) in [5.74, 6) is -0.167. The molecule has 0 saturated carbocycles. The van der Waals surface area contributed by atoms with E-state index in [0.717, 1.165) is 31.7 Å². The molecule has 3 heteroatoms. The standard InChI is InChI=1S/C17H19FN2/c1-2-19-12-14-5-3-4-6-16(14)20-10-9-13-7-8-15(18)11-17(13)20/h3-8,11,19H,2,9-10,12H2,1H3. The third-order valence-electron chi connectivity index (χ3n) is 3.79. The second-order valence-electron chi connectivity index (χ2n) is 5.08. The lowest BCUT2D eigenvalue weighted by Crippen LogP contribution is -2.19. The molecule has 1 aliphatic rings. The van der Waals surface area contributed by atoms with Crippen LogP contribution in [-0.4, -0.2) is 13.1 Å². The van der Waals surface area contributed by atoms with Gasteiger partial charge in [0.05, 0.1) is 0 Å². The maximum Gasteiger partial charge on any atom is 0.125 e. The van der Waals surface area contributed by atoms with Crippen LogP contribution in [0, 0.1) is 5.82 Å². The summed E-state index contributed by atoms with van der Waals surface area (Å²) in [6, 6.07) is 13.4. The van der Waals surface area contributed by atoms with Crippen LogP contribution in [0.1, 0.15) is 18.1 Å².